The molecule has 12 heavy (non-hydrogen) atoms. The Bertz CT molecular complexity index is 112. The van der Waals surface area contributed by atoms with E-state index in [2.05, 4.69) is 48.8 Å². The molecule has 0 aliphatic carbocycles. The summed E-state index contributed by atoms with van der Waals surface area (Å²) < 4.78 is 0.843. The van der Waals surface area contributed by atoms with E-state index in [1.54, 1.807) is 0 Å². The fraction of sp³-hybridized carbons (Fsp3) is 1.00. The number of hydrogen-bond acceptors (Lipinski definition) is 5. The Kier molecular flexibility index (Phi) is 6.99. The largest absolute Gasteiger partial charge is 0.178 e. The predicted octanol–water partition coefficient (Wildman–Crippen LogP) is 2.75. The maximum Gasteiger partial charge on any atom is 0.0593 e. The van der Waals surface area contributed by atoms with E-state index in [9.17, 15) is 0 Å². The van der Waals surface area contributed by atoms with Crippen LogP contribution in [-0.2, 0) is 0 Å². The van der Waals surface area contributed by atoms with Gasteiger partial charge in [0.2, 0.25) is 0 Å². The summed E-state index contributed by atoms with van der Waals surface area (Å²) in [6.07, 6.45) is 0. The van der Waals surface area contributed by atoms with Crippen molar-refractivity contribution in [2.24, 2.45) is 0 Å². The summed E-state index contributed by atoms with van der Waals surface area (Å²) in [5.41, 5.74) is 0. The molecule has 1 aliphatic heterocycles. The van der Waals surface area contributed by atoms with Crippen molar-refractivity contribution in [3.05, 3.63) is 0 Å². The SMILES string of the molecule is SCC(S)CSCC1SCCS1. The molecule has 1 rings (SSSR count). The lowest BCUT2D eigenvalue weighted by molar-refractivity contribution is 1.16. The average Bonchev–Trinajstić information content (AvgIpc) is 2.57. The van der Waals surface area contributed by atoms with Crippen molar-refractivity contribution < 1.29 is 0 Å². The van der Waals surface area contributed by atoms with Gasteiger partial charge in [-0.3, -0.25) is 0 Å². The van der Waals surface area contributed by atoms with Gasteiger partial charge in [0.05, 0.1) is 4.58 Å². The molecule has 1 aliphatic rings. The maximum atomic E-state index is 4.40. The van der Waals surface area contributed by atoms with Gasteiger partial charge in [-0.1, -0.05) is 0 Å². The topological polar surface area (TPSA) is 0 Å². The smallest absolute Gasteiger partial charge is 0.0593 e. The monoisotopic (exact) mass is 258 g/mol. The van der Waals surface area contributed by atoms with E-state index in [1.165, 1.54) is 17.3 Å². The summed E-state index contributed by atoms with van der Waals surface area (Å²) in [6.45, 7) is 0. The highest BCUT2D eigenvalue weighted by Crippen LogP contribution is 2.34. The van der Waals surface area contributed by atoms with Gasteiger partial charge >= 0.3 is 0 Å². The summed E-state index contributed by atoms with van der Waals surface area (Å²) in [7, 11) is 0. The van der Waals surface area contributed by atoms with Gasteiger partial charge in [-0.05, 0) is 0 Å². The van der Waals surface area contributed by atoms with Crippen LogP contribution in [0.1, 0.15) is 0 Å². The first-order chi connectivity index (χ1) is 5.83. The quantitative estimate of drug-likeness (QED) is 0.728. The Hall–Kier alpha value is 1.75. The zero-order chi connectivity index (χ0) is 8.81. The summed E-state index contributed by atoms with van der Waals surface area (Å²) in [5, 5.41) is 0.467. The Morgan fingerprint density at radius 3 is 2.67 bits per heavy atom. The molecule has 5 heteroatoms. The fourth-order valence-electron chi connectivity index (χ4n) is 0.856. The van der Waals surface area contributed by atoms with Crippen LogP contribution >= 0.6 is 60.5 Å². The van der Waals surface area contributed by atoms with E-state index in [0.29, 0.717) is 5.25 Å². The van der Waals surface area contributed by atoms with Crippen LogP contribution in [0.3, 0.4) is 0 Å². The molecule has 0 radical (unpaired) electrons. The summed E-state index contributed by atoms with van der Waals surface area (Å²) in [4.78, 5) is 0. The van der Waals surface area contributed by atoms with E-state index >= 15 is 0 Å². The number of thiol groups is 2. The van der Waals surface area contributed by atoms with E-state index < -0.39 is 0 Å². The molecule has 1 heterocycles. The summed E-state index contributed by atoms with van der Waals surface area (Å²) in [5.74, 6) is 5.99. The second kappa shape index (κ2) is 7.10. The molecule has 1 saturated heterocycles. The minimum atomic E-state index is 0.467. The molecule has 1 fully saturated rings. The normalized spacial score (nSPS) is 21.5. The highest BCUT2D eigenvalue weighted by atomic mass is 32.2. The van der Waals surface area contributed by atoms with Crippen LogP contribution in [0, 0.1) is 0 Å². The van der Waals surface area contributed by atoms with Gasteiger partial charge in [0, 0.05) is 34.0 Å². The number of hydrogen-bond donors (Lipinski definition) is 2. The molecule has 0 spiro atoms. The highest BCUT2D eigenvalue weighted by molar-refractivity contribution is 8.21. The molecule has 0 aromatic carbocycles. The molecule has 0 bridgehead atoms. The van der Waals surface area contributed by atoms with E-state index in [4.69, 9.17) is 0 Å². The summed E-state index contributed by atoms with van der Waals surface area (Å²) in [6, 6.07) is 0. The molecule has 72 valence electrons. The molecule has 0 saturated carbocycles. The first-order valence-corrected chi connectivity index (χ1v) is 8.33. The van der Waals surface area contributed by atoms with E-state index in [1.807, 2.05) is 11.8 Å². The van der Waals surface area contributed by atoms with Gasteiger partial charge < -0.3 is 0 Å². The van der Waals surface area contributed by atoms with Crippen LogP contribution in [0.25, 0.3) is 0 Å². The standard InChI is InChI=1S/C7H14S5/c8-3-6(9)4-10-5-7-11-1-2-12-7/h6-9H,1-5H2. The Morgan fingerprint density at radius 2 is 2.08 bits per heavy atom. The van der Waals surface area contributed by atoms with Crippen molar-refractivity contribution in [2.75, 3.05) is 28.8 Å². The Labute approximate surface area is 98.6 Å². The molecule has 0 aromatic rings. The minimum Gasteiger partial charge on any atom is -0.178 e. The minimum absolute atomic E-state index is 0.467. The summed E-state index contributed by atoms with van der Waals surface area (Å²) >= 11 is 14.8. The Balaban J connectivity index is 1.94. The van der Waals surface area contributed by atoms with Crippen LogP contribution in [0.4, 0.5) is 0 Å². The zero-order valence-corrected chi connectivity index (χ0v) is 11.0. The second-order valence-corrected chi connectivity index (χ2v) is 7.63. The fourth-order valence-corrected chi connectivity index (χ4v) is 5.80. The zero-order valence-electron chi connectivity index (χ0n) is 6.81. The predicted molar refractivity (Wildman–Crippen MR) is 72.7 cm³/mol. The van der Waals surface area contributed by atoms with E-state index in [-0.39, 0.29) is 0 Å². The van der Waals surface area contributed by atoms with Crippen molar-refractivity contribution in [2.45, 2.75) is 9.83 Å². The molecule has 1 unspecified atom stereocenters. The highest BCUT2D eigenvalue weighted by Gasteiger charge is 2.15. The molecule has 1 atom stereocenters. The first kappa shape index (κ1) is 11.8. The van der Waals surface area contributed by atoms with Crippen LogP contribution in [0.2, 0.25) is 0 Å². The molecule has 0 amide bonds. The van der Waals surface area contributed by atoms with Crippen LogP contribution in [0.5, 0.6) is 0 Å². The third kappa shape index (κ3) is 4.84. The molecule has 0 aromatic heterocycles. The lowest BCUT2D eigenvalue weighted by atomic mass is 10.6. The molecule has 0 N–H and O–H groups in total. The van der Waals surface area contributed by atoms with Crippen molar-refractivity contribution >= 4 is 60.5 Å². The van der Waals surface area contributed by atoms with Crippen molar-refractivity contribution in [3.8, 4) is 0 Å². The van der Waals surface area contributed by atoms with Gasteiger partial charge in [0.25, 0.3) is 0 Å². The van der Waals surface area contributed by atoms with Gasteiger partial charge in [0.1, 0.15) is 0 Å². The van der Waals surface area contributed by atoms with Gasteiger partial charge in [0.15, 0.2) is 0 Å². The average molecular weight is 259 g/mol. The van der Waals surface area contributed by atoms with Gasteiger partial charge in [-0.15, -0.1) is 23.5 Å². The third-order valence-electron chi connectivity index (χ3n) is 1.47. The van der Waals surface area contributed by atoms with Crippen LogP contribution < -0.4 is 0 Å². The van der Waals surface area contributed by atoms with Gasteiger partial charge in [-0.25, -0.2) is 0 Å². The maximum absolute atomic E-state index is 4.40. The molecular weight excluding hydrogens is 244 g/mol. The second-order valence-electron chi connectivity index (χ2n) is 2.54. The lowest BCUT2D eigenvalue weighted by Gasteiger charge is -2.09. The Morgan fingerprint density at radius 1 is 1.42 bits per heavy atom. The van der Waals surface area contributed by atoms with Crippen LogP contribution in [0.15, 0.2) is 0 Å². The van der Waals surface area contributed by atoms with Crippen molar-refractivity contribution in [1.29, 1.82) is 0 Å². The number of thioether (sulfide) groups is 3. The number of rotatable bonds is 5. The first-order valence-electron chi connectivity index (χ1n) is 3.93. The van der Waals surface area contributed by atoms with Crippen LogP contribution in [-0.4, -0.2) is 38.6 Å². The van der Waals surface area contributed by atoms with E-state index in [0.717, 1.165) is 16.1 Å². The third-order valence-corrected chi connectivity index (χ3v) is 7.47. The van der Waals surface area contributed by atoms with Crippen molar-refractivity contribution in [3.63, 3.8) is 0 Å². The lowest BCUT2D eigenvalue weighted by Crippen LogP contribution is -2.06. The van der Waals surface area contributed by atoms with Gasteiger partial charge in [-0.2, -0.15) is 37.0 Å². The van der Waals surface area contributed by atoms with Crippen molar-refractivity contribution in [1.82, 2.24) is 0 Å². The molecule has 0 nitrogen and oxygen atoms in total. The molecular formula is C7H14S5.